The Balaban J connectivity index is 2.19. The molecule has 17 heavy (non-hydrogen) atoms. The monoisotopic (exact) mass is 249 g/mol. The first-order valence-corrected chi connectivity index (χ1v) is 5.49. The predicted octanol–water partition coefficient (Wildman–Crippen LogP) is 3.21. The van der Waals surface area contributed by atoms with Crippen LogP contribution in [0.1, 0.15) is 5.56 Å². The van der Waals surface area contributed by atoms with Gasteiger partial charge in [0.2, 0.25) is 0 Å². The Morgan fingerprint density at radius 3 is 2.41 bits per heavy atom. The van der Waals surface area contributed by atoms with E-state index in [0.717, 1.165) is 5.56 Å². The van der Waals surface area contributed by atoms with E-state index in [9.17, 15) is 0 Å². The molecular formula is C13H12ClNO2. The highest BCUT2D eigenvalue weighted by atomic mass is 35.5. The van der Waals surface area contributed by atoms with E-state index in [4.69, 9.17) is 27.2 Å². The van der Waals surface area contributed by atoms with Crippen LogP contribution in [0, 0.1) is 0 Å². The van der Waals surface area contributed by atoms with Crippen molar-refractivity contribution in [3.05, 3.63) is 53.1 Å². The van der Waals surface area contributed by atoms with Gasteiger partial charge in [-0.25, -0.2) is 0 Å². The van der Waals surface area contributed by atoms with Crippen LogP contribution < -0.4 is 10.5 Å². The van der Waals surface area contributed by atoms with Crippen molar-refractivity contribution in [2.24, 2.45) is 0 Å². The van der Waals surface area contributed by atoms with Crippen LogP contribution in [-0.4, -0.2) is 5.11 Å². The molecule has 0 bridgehead atoms. The van der Waals surface area contributed by atoms with Crippen LogP contribution in [0.25, 0.3) is 0 Å². The van der Waals surface area contributed by atoms with E-state index < -0.39 is 0 Å². The second-order valence-electron chi connectivity index (χ2n) is 3.59. The van der Waals surface area contributed by atoms with Crippen molar-refractivity contribution >= 4 is 17.3 Å². The van der Waals surface area contributed by atoms with E-state index >= 15 is 0 Å². The number of nitrogen functional groups attached to an aromatic ring is 1. The minimum Gasteiger partial charge on any atom is -0.455 e. The highest BCUT2D eigenvalue weighted by molar-refractivity contribution is 6.30. The smallest absolute Gasteiger partial charge is 0.150 e. The third kappa shape index (κ3) is 2.90. The maximum atomic E-state index is 8.92. The first-order valence-electron chi connectivity index (χ1n) is 5.12. The molecule has 0 heterocycles. The van der Waals surface area contributed by atoms with Crippen LogP contribution in [0.4, 0.5) is 5.69 Å². The SMILES string of the molecule is Nc1cc(Cl)ccc1Oc1ccc(CO)cc1. The van der Waals surface area contributed by atoms with E-state index in [1.807, 2.05) is 0 Å². The molecule has 3 nitrogen and oxygen atoms in total. The summed E-state index contributed by atoms with van der Waals surface area (Å²) in [5.41, 5.74) is 7.10. The lowest BCUT2D eigenvalue weighted by molar-refractivity contribution is 0.281. The van der Waals surface area contributed by atoms with E-state index in [1.165, 1.54) is 0 Å². The van der Waals surface area contributed by atoms with Crippen LogP contribution in [0.3, 0.4) is 0 Å². The Hall–Kier alpha value is -1.71. The molecule has 0 aliphatic heterocycles. The number of hydrogen-bond acceptors (Lipinski definition) is 3. The number of hydrogen-bond donors (Lipinski definition) is 2. The van der Waals surface area contributed by atoms with Gasteiger partial charge in [0.15, 0.2) is 0 Å². The van der Waals surface area contributed by atoms with Gasteiger partial charge in [-0.1, -0.05) is 23.7 Å². The zero-order valence-electron chi connectivity index (χ0n) is 9.06. The van der Waals surface area contributed by atoms with Gasteiger partial charge in [0, 0.05) is 5.02 Å². The van der Waals surface area contributed by atoms with Crippen molar-refractivity contribution in [1.29, 1.82) is 0 Å². The average molecular weight is 250 g/mol. The quantitative estimate of drug-likeness (QED) is 0.822. The maximum Gasteiger partial charge on any atom is 0.150 e. The van der Waals surface area contributed by atoms with Gasteiger partial charge in [-0.2, -0.15) is 0 Å². The van der Waals surface area contributed by atoms with E-state index in [1.54, 1.807) is 42.5 Å². The minimum atomic E-state index is 0.0172. The molecule has 0 radical (unpaired) electrons. The van der Waals surface area contributed by atoms with Gasteiger partial charge >= 0.3 is 0 Å². The molecule has 0 amide bonds. The predicted molar refractivity (Wildman–Crippen MR) is 68.3 cm³/mol. The van der Waals surface area contributed by atoms with Gasteiger partial charge in [0.05, 0.1) is 12.3 Å². The molecule has 2 aromatic rings. The Morgan fingerprint density at radius 1 is 1.12 bits per heavy atom. The topological polar surface area (TPSA) is 55.5 Å². The number of aliphatic hydroxyl groups is 1. The van der Waals surface area contributed by atoms with E-state index in [0.29, 0.717) is 22.2 Å². The van der Waals surface area contributed by atoms with Gasteiger partial charge in [-0.15, -0.1) is 0 Å². The summed E-state index contributed by atoms with van der Waals surface area (Å²) < 4.78 is 5.60. The van der Waals surface area contributed by atoms with Crippen molar-refractivity contribution in [1.82, 2.24) is 0 Å². The number of ether oxygens (including phenoxy) is 1. The van der Waals surface area contributed by atoms with Crippen LogP contribution >= 0.6 is 11.6 Å². The largest absolute Gasteiger partial charge is 0.455 e. The van der Waals surface area contributed by atoms with E-state index in [-0.39, 0.29) is 6.61 Å². The summed E-state index contributed by atoms with van der Waals surface area (Å²) in [6.45, 7) is 0.0172. The Bertz CT molecular complexity index is 511. The zero-order chi connectivity index (χ0) is 12.3. The summed E-state index contributed by atoms with van der Waals surface area (Å²) in [5.74, 6) is 1.22. The number of anilines is 1. The van der Waals surface area contributed by atoms with Crippen molar-refractivity contribution < 1.29 is 9.84 Å². The van der Waals surface area contributed by atoms with Crippen molar-refractivity contribution in [2.75, 3.05) is 5.73 Å². The molecular weight excluding hydrogens is 238 g/mol. The van der Waals surface area contributed by atoms with Crippen LogP contribution in [0.2, 0.25) is 5.02 Å². The molecule has 3 N–H and O–H groups in total. The van der Waals surface area contributed by atoms with Gasteiger partial charge in [0.25, 0.3) is 0 Å². The van der Waals surface area contributed by atoms with Gasteiger partial charge in [-0.3, -0.25) is 0 Å². The highest BCUT2D eigenvalue weighted by Gasteiger charge is 2.02. The molecule has 0 atom stereocenters. The summed E-state index contributed by atoms with van der Waals surface area (Å²) in [6.07, 6.45) is 0. The molecule has 0 saturated carbocycles. The number of aliphatic hydroxyl groups excluding tert-OH is 1. The lowest BCUT2D eigenvalue weighted by atomic mass is 10.2. The standard InChI is InChI=1S/C13H12ClNO2/c14-10-3-6-13(12(15)7-10)17-11-4-1-9(8-16)2-5-11/h1-7,16H,8,15H2. The number of benzene rings is 2. The second kappa shape index (κ2) is 5.08. The van der Waals surface area contributed by atoms with Crippen molar-refractivity contribution in [3.8, 4) is 11.5 Å². The molecule has 0 saturated heterocycles. The van der Waals surface area contributed by atoms with Crippen molar-refractivity contribution in [3.63, 3.8) is 0 Å². The molecule has 0 aromatic heterocycles. The van der Waals surface area contributed by atoms with Gasteiger partial charge in [-0.05, 0) is 35.9 Å². The Labute approximate surface area is 104 Å². The lowest BCUT2D eigenvalue weighted by Crippen LogP contribution is -1.92. The fraction of sp³-hybridized carbons (Fsp3) is 0.0769. The van der Waals surface area contributed by atoms with Crippen molar-refractivity contribution in [2.45, 2.75) is 6.61 Å². The van der Waals surface area contributed by atoms with E-state index in [2.05, 4.69) is 0 Å². The molecule has 2 aromatic carbocycles. The second-order valence-corrected chi connectivity index (χ2v) is 4.02. The molecule has 0 aliphatic carbocycles. The zero-order valence-corrected chi connectivity index (χ0v) is 9.82. The number of rotatable bonds is 3. The summed E-state index contributed by atoms with van der Waals surface area (Å²) in [6, 6.07) is 12.2. The molecule has 0 unspecified atom stereocenters. The fourth-order valence-electron chi connectivity index (χ4n) is 1.40. The molecule has 0 aliphatic rings. The first kappa shape index (κ1) is 11.8. The molecule has 0 spiro atoms. The molecule has 88 valence electrons. The lowest BCUT2D eigenvalue weighted by Gasteiger charge is -2.08. The Morgan fingerprint density at radius 2 is 1.82 bits per heavy atom. The first-order chi connectivity index (χ1) is 8.19. The molecule has 2 rings (SSSR count). The summed E-state index contributed by atoms with van der Waals surface area (Å²) >= 11 is 5.80. The summed E-state index contributed by atoms with van der Waals surface area (Å²) in [7, 11) is 0. The maximum absolute atomic E-state index is 8.92. The average Bonchev–Trinajstić information content (AvgIpc) is 2.34. The summed E-state index contributed by atoms with van der Waals surface area (Å²) in [5, 5.41) is 9.49. The number of halogens is 1. The molecule has 0 fully saturated rings. The van der Waals surface area contributed by atoms with Crippen LogP contribution in [0.15, 0.2) is 42.5 Å². The normalized spacial score (nSPS) is 10.2. The molecule has 4 heteroatoms. The third-order valence-electron chi connectivity index (χ3n) is 2.31. The Kier molecular flexibility index (Phi) is 3.52. The highest BCUT2D eigenvalue weighted by Crippen LogP contribution is 2.29. The van der Waals surface area contributed by atoms with Gasteiger partial charge < -0.3 is 15.6 Å². The fourth-order valence-corrected chi connectivity index (χ4v) is 1.58. The van der Waals surface area contributed by atoms with Gasteiger partial charge in [0.1, 0.15) is 11.5 Å². The number of nitrogens with two attached hydrogens (primary N) is 1. The third-order valence-corrected chi connectivity index (χ3v) is 2.54. The van der Waals surface area contributed by atoms with Crippen LogP contribution in [0.5, 0.6) is 11.5 Å². The summed E-state index contributed by atoms with van der Waals surface area (Å²) in [4.78, 5) is 0. The minimum absolute atomic E-state index is 0.0172. The van der Waals surface area contributed by atoms with Crippen LogP contribution in [-0.2, 0) is 6.61 Å².